The van der Waals surface area contributed by atoms with Crippen molar-refractivity contribution in [2.75, 3.05) is 5.32 Å². The van der Waals surface area contributed by atoms with Crippen molar-refractivity contribution >= 4 is 40.4 Å². The van der Waals surface area contributed by atoms with Crippen LogP contribution in [0.15, 0.2) is 48.5 Å². The van der Waals surface area contributed by atoms with E-state index in [4.69, 9.17) is 11.6 Å². The van der Waals surface area contributed by atoms with Crippen LogP contribution in [0.2, 0.25) is 5.02 Å². The molecule has 0 aliphatic rings. The van der Waals surface area contributed by atoms with Gasteiger partial charge in [0.05, 0.1) is 0 Å². The number of hydrogen-bond acceptors (Lipinski definition) is 5. The summed E-state index contributed by atoms with van der Waals surface area (Å²) in [4.78, 5) is 24.1. The first kappa shape index (κ1) is 20.9. The number of benzene rings is 2. The van der Waals surface area contributed by atoms with Crippen LogP contribution in [0.25, 0.3) is 0 Å². The summed E-state index contributed by atoms with van der Waals surface area (Å²) in [5.74, 6) is -0.952. The molecule has 6 nitrogen and oxygen atoms in total. The fourth-order valence-electron chi connectivity index (χ4n) is 2.53. The first-order valence-electron chi connectivity index (χ1n) is 8.90. The van der Waals surface area contributed by atoms with Gasteiger partial charge in [-0.25, -0.2) is 4.39 Å². The molecule has 0 saturated heterocycles. The van der Waals surface area contributed by atoms with E-state index < -0.39 is 11.7 Å². The van der Waals surface area contributed by atoms with Crippen LogP contribution in [-0.2, 0) is 17.8 Å². The number of anilines is 1. The van der Waals surface area contributed by atoms with Crippen molar-refractivity contribution in [1.29, 1.82) is 0 Å². The minimum atomic E-state index is -0.446. The molecule has 3 aromatic rings. The van der Waals surface area contributed by atoms with Gasteiger partial charge >= 0.3 is 0 Å². The fourth-order valence-corrected chi connectivity index (χ4v) is 3.52. The van der Waals surface area contributed by atoms with E-state index in [1.807, 2.05) is 12.1 Å². The fraction of sp³-hybridized carbons (Fsp3) is 0.200. The number of nitrogens with zero attached hydrogens (tertiary/aromatic N) is 2. The zero-order valence-electron chi connectivity index (χ0n) is 15.3. The normalized spacial score (nSPS) is 10.6. The highest BCUT2D eigenvalue weighted by Gasteiger charge is 2.13. The molecule has 0 saturated carbocycles. The second kappa shape index (κ2) is 10.1. The van der Waals surface area contributed by atoms with Crippen molar-refractivity contribution in [2.24, 2.45) is 0 Å². The molecule has 0 bridgehead atoms. The van der Waals surface area contributed by atoms with Gasteiger partial charge in [-0.15, -0.1) is 10.2 Å². The summed E-state index contributed by atoms with van der Waals surface area (Å²) in [6.07, 6.45) is 1.46. The van der Waals surface area contributed by atoms with Gasteiger partial charge in [0.2, 0.25) is 10.9 Å². The molecule has 2 amide bonds. The maximum Gasteiger partial charge on any atom is 0.286 e. The Hall–Kier alpha value is -2.84. The minimum Gasteiger partial charge on any atom is -0.352 e. The molecule has 1 heterocycles. The lowest BCUT2D eigenvalue weighted by atomic mass is 10.2. The molecule has 2 aromatic carbocycles. The van der Waals surface area contributed by atoms with Crippen molar-refractivity contribution < 1.29 is 14.0 Å². The van der Waals surface area contributed by atoms with Crippen LogP contribution in [0.1, 0.15) is 33.2 Å². The van der Waals surface area contributed by atoms with Crippen molar-refractivity contribution in [3.05, 3.63) is 74.9 Å². The lowest BCUT2D eigenvalue weighted by Gasteiger charge is -2.05. The van der Waals surface area contributed by atoms with Crippen molar-refractivity contribution in [2.45, 2.75) is 25.8 Å². The summed E-state index contributed by atoms with van der Waals surface area (Å²) in [7, 11) is 0. The predicted octanol–water partition coefficient (Wildman–Crippen LogP) is 4.22. The number of aromatic nitrogens is 2. The van der Waals surface area contributed by atoms with E-state index in [1.165, 1.54) is 18.2 Å². The molecule has 0 aliphatic carbocycles. The van der Waals surface area contributed by atoms with E-state index in [0.29, 0.717) is 41.5 Å². The number of nitrogens with one attached hydrogen (secondary N) is 2. The van der Waals surface area contributed by atoms with E-state index >= 15 is 0 Å². The molecule has 0 aliphatic heterocycles. The molecular formula is C20H18ClFN4O2S. The highest BCUT2D eigenvalue weighted by atomic mass is 35.5. The summed E-state index contributed by atoms with van der Waals surface area (Å²) in [6, 6.07) is 12.9. The number of carbonyl (C=O) groups is 2. The number of carbonyl (C=O) groups excluding carboxylic acids is 2. The number of halogens is 2. The van der Waals surface area contributed by atoms with E-state index in [2.05, 4.69) is 20.8 Å². The minimum absolute atomic E-state index is 0.0708. The molecule has 2 N–H and O–H groups in total. The van der Waals surface area contributed by atoms with Gasteiger partial charge in [-0.1, -0.05) is 41.1 Å². The average molecular weight is 433 g/mol. The number of rotatable bonds is 8. The van der Waals surface area contributed by atoms with E-state index in [1.54, 1.807) is 18.2 Å². The van der Waals surface area contributed by atoms with Gasteiger partial charge in [-0.2, -0.15) is 0 Å². The average Bonchev–Trinajstić information content (AvgIpc) is 3.16. The maximum absolute atomic E-state index is 13.2. The maximum atomic E-state index is 13.2. The molecule has 0 radical (unpaired) electrons. The Kier molecular flexibility index (Phi) is 7.26. The lowest BCUT2D eigenvalue weighted by Crippen LogP contribution is -2.22. The zero-order chi connectivity index (χ0) is 20.6. The Balaban J connectivity index is 1.41. The van der Waals surface area contributed by atoms with E-state index in [9.17, 15) is 14.0 Å². The Morgan fingerprint density at radius 3 is 2.72 bits per heavy atom. The smallest absolute Gasteiger partial charge is 0.286 e. The first-order chi connectivity index (χ1) is 14.0. The molecule has 0 atom stereocenters. The third kappa shape index (κ3) is 6.62. The molecule has 0 spiro atoms. The van der Waals surface area contributed by atoms with Gasteiger partial charge in [0, 0.05) is 30.1 Å². The summed E-state index contributed by atoms with van der Waals surface area (Å²) >= 11 is 7.07. The highest BCUT2D eigenvalue weighted by Crippen LogP contribution is 2.16. The summed E-state index contributed by atoms with van der Waals surface area (Å²) < 4.78 is 13.2. The Labute approximate surface area is 176 Å². The summed E-state index contributed by atoms with van der Waals surface area (Å²) in [5.41, 5.74) is 1.28. The number of aryl methyl sites for hydroxylation is 1. The SMILES string of the molecule is O=C(CCCc1nnc(C(=O)Nc2cccc(F)c2)s1)NCc1cccc(Cl)c1. The molecule has 1 aromatic heterocycles. The standard InChI is InChI=1S/C20H18ClFN4O2S/c21-14-5-1-4-13(10-14)12-23-17(27)8-3-9-18-25-26-20(29-18)19(28)24-16-7-2-6-15(22)11-16/h1-2,4-7,10-11H,3,8-9,12H2,(H,23,27)(H,24,28). The highest BCUT2D eigenvalue weighted by molar-refractivity contribution is 7.13. The summed E-state index contributed by atoms with van der Waals surface area (Å²) in [6.45, 7) is 0.419. The molecule has 9 heteroatoms. The van der Waals surface area contributed by atoms with Crippen LogP contribution in [-0.4, -0.2) is 22.0 Å². The first-order valence-corrected chi connectivity index (χ1v) is 10.1. The Bertz CT molecular complexity index is 1010. The number of hydrogen-bond donors (Lipinski definition) is 2. The van der Waals surface area contributed by atoms with Crippen LogP contribution in [0, 0.1) is 5.82 Å². The van der Waals surface area contributed by atoms with Gasteiger partial charge in [0.1, 0.15) is 10.8 Å². The zero-order valence-corrected chi connectivity index (χ0v) is 16.9. The van der Waals surface area contributed by atoms with Crippen LogP contribution >= 0.6 is 22.9 Å². The van der Waals surface area contributed by atoms with Crippen LogP contribution in [0.4, 0.5) is 10.1 Å². The second-order valence-electron chi connectivity index (χ2n) is 6.23. The largest absolute Gasteiger partial charge is 0.352 e. The van der Waals surface area contributed by atoms with Gasteiger partial charge in [0.25, 0.3) is 5.91 Å². The molecule has 150 valence electrons. The van der Waals surface area contributed by atoms with E-state index in [0.717, 1.165) is 16.9 Å². The van der Waals surface area contributed by atoms with Gasteiger partial charge in [-0.05, 0) is 42.3 Å². The quantitative estimate of drug-likeness (QED) is 0.558. The second-order valence-corrected chi connectivity index (χ2v) is 7.72. The Morgan fingerprint density at radius 1 is 1.10 bits per heavy atom. The third-order valence-electron chi connectivity index (χ3n) is 3.92. The van der Waals surface area contributed by atoms with Crippen molar-refractivity contribution in [3.8, 4) is 0 Å². The van der Waals surface area contributed by atoms with Gasteiger partial charge in [-0.3, -0.25) is 9.59 Å². The van der Waals surface area contributed by atoms with Gasteiger partial charge in [0.15, 0.2) is 0 Å². The molecule has 3 rings (SSSR count). The van der Waals surface area contributed by atoms with Crippen molar-refractivity contribution in [1.82, 2.24) is 15.5 Å². The van der Waals surface area contributed by atoms with Crippen LogP contribution in [0.3, 0.4) is 0 Å². The molecule has 0 unspecified atom stereocenters. The summed E-state index contributed by atoms with van der Waals surface area (Å²) in [5, 5.41) is 14.8. The van der Waals surface area contributed by atoms with Gasteiger partial charge < -0.3 is 10.6 Å². The van der Waals surface area contributed by atoms with Crippen LogP contribution < -0.4 is 10.6 Å². The number of amides is 2. The molecule has 29 heavy (non-hydrogen) atoms. The van der Waals surface area contributed by atoms with Crippen LogP contribution in [0.5, 0.6) is 0 Å². The Morgan fingerprint density at radius 2 is 1.93 bits per heavy atom. The topological polar surface area (TPSA) is 84.0 Å². The third-order valence-corrected chi connectivity index (χ3v) is 5.13. The monoisotopic (exact) mass is 432 g/mol. The molecular weight excluding hydrogens is 415 g/mol. The van der Waals surface area contributed by atoms with Crippen molar-refractivity contribution in [3.63, 3.8) is 0 Å². The lowest BCUT2D eigenvalue weighted by molar-refractivity contribution is -0.121. The molecule has 0 fully saturated rings. The predicted molar refractivity (Wildman–Crippen MR) is 110 cm³/mol. The van der Waals surface area contributed by atoms with E-state index in [-0.39, 0.29) is 10.9 Å².